The molecule has 0 aliphatic heterocycles. The third-order valence-corrected chi connectivity index (χ3v) is 1.18. The molecule has 0 atom stereocenters. The summed E-state index contributed by atoms with van der Waals surface area (Å²) in [6.07, 6.45) is 0. The van der Waals surface area contributed by atoms with E-state index in [0.29, 0.717) is 0 Å². The number of hydrogen-bond acceptors (Lipinski definition) is 7. The van der Waals surface area contributed by atoms with Crippen LogP contribution in [0.4, 0.5) is 7.77 Å². The Hall–Kier alpha value is -0.295. The van der Waals surface area contributed by atoms with E-state index in [1.165, 1.54) is 0 Å². The Bertz CT molecular complexity index is 292. The lowest BCUT2D eigenvalue weighted by Gasteiger charge is -1.98. The van der Waals surface area contributed by atoms with E-state index in [-0.39, 0.29) is 0 Å². The maximum atomic E-state index is 11.4. The first-order valence-electron chi connectivity index (χ1n) is 2.04. The molecule has 12 heteroatoms. The molecule has 12 heavy (non-hydrogen) atoms. The lowest BCUT2D eigenvalue weighted by Crippen LogP contribution is -2.26. The summed E-state index contributed by atoms with van der Waals surface area (Å²) in [4.78, 5) is 0. The summed E-state index contributed by atoms with van der Waals surface area (Å²) in [5.74, 6) is 0. The van der Waals surface area contributed by atoms with Gasteiger partial charge >= 0.3 is 28.3 Å². The van der Waals surface area contributed by atoms with Crippen LogP contribution >= 0.6 is 0 Å². The molecule has 0 fully saturated rings. The van der Waals surface area contributed by atoms with Gasteiger partial charge in [0.05, 0.1) is 0 Å². The average Bonchev–Trinajstić information content (AvgIpc) is 1.49. The molecule has 0 aliphatic rings. The fraction of sp³-hybridized carbons (Fsp3) is 0. The van der Waals surface area contributed by atoms with Gasteiger partial charge < -0.3 is 5.02 Å². The van der Waals surface area contributed by atoms with Crippen molar-refractivity contribution in [2.75, 3.05) is 0 Å². The molecule has 0 aromatic carbocycles. The molecule has 0 unspecified atom stereocenters. The van der Waals surface area contributed by atoms with Gasteiger partial charge in [-0.25, -0.2) is 8.20 Å². The van der Waals surface area contributed by atoms with Crippen LogP contribution in [0.5, 0.6) is 0 Å². The summed E-state index contributed by atoms with van der Waals surface area (Å²) in [7, 11) is -14.3. The number of hydrogen-bond donors (Lipinski definition) is 1. The smallest absolute Gasteiger partial charge is 0.400 e. The third-order valence-electron chi connectivity index (χ3n) is 0.395. The van der Waals surface area contributed by atoms with Crippen LogP contribution in [-0.2, 0) is 29.2 Å². The van der Waals surface area contributed by atoms with Crippen LogP contribution in [-0.4, -0.2) is 29.2 Å². The molecule has 0 saturated carbocycles. The largest absolute Gasteiger partial charge is 0.670 e. The minimum absolute atomic E-state index is 2.83. The quantitative estimate of drug-likeness (QED) is 0.455. The fourth-order valence-electron chi connectivity index (χ4n) is 0.213. The van der Waals surface area contributed by atoms with E-state index in [1.807, 2.05) is 0 Å². The molecule has 0 bridgehead atoms. The van der Waals surface area contributed by atoms with E-state index >= 15 is 0 Å². The SMILES string of the molecule is O=S(=O)(F)OB(O)OS(=O)(=O)F. The van der Waals surface area contributed by atoms with E-state index in [9.17, 15) is 24.6 Å². The Morgan fingerprint density at radius 3 is 1.42 bits per heavy atom. The van der Waals surface area contributed by atoms with Crippen molar-refractivity contribution in [2.24, 2.45) is 0 Å². The van der Waals surface area contributed by atoms with Crippen molar-refractivity contribution < 1.29 is 37.8 Å². The van der Waals surface area contributed by atoms with Crippen molar-refractivity contribution in [2.45, 2.75) is 0 Å². The molecule has 0 aromatic rings. The van der Waals surface area contributed by atoms with Crippen molar-refractivity contribution in [3.05, 3.63) is 0 Å². The van der Waals surface area contributed by atoms with Gasteiger partial charge in [0.2, 0.25) is 0 Å². The van der Waals surface area contributed by atoms with Crippen LogP contribution in [0.3, 0.4) is 0 Å². The summed E-state index contributed by atoms with van der Waals surface area (Å²) in [5.41, 5.74) is 0. The zero-order chi connectivity index (χ0) is 9.99. The molecule has 7 nitrogen and oxygen atoms in total. The molecule has 0 saturated heterocycles. The molecule has 72 valence electrons. The summed E-state index contributed by atoms with van der Waals surface area (Å²) >= 11 is 0. The van der Waals surface area contributed by atoms with Crippen LogP contribution in [0.25, 0.3) is 0 Å². The first-order valence-corrected chi connectivity index (χ1v) is 4.66. The van der Waals surface area contributed by atoms with Crippen LogP contribution in [0.1, 0.15) is 0 Å². The second kappa shape index (κ2) is 3.61. The Labute approximate surface area is 66.9 Å². The van der Waals surface area contributed by atoms with E-state index in [1.54, 1.807) is 0 Å². The molecule has 0 spiro atoms. The second-order valence-electron chi connectivity index (χ2n) is 1.29. The van der Waals surface area contributed by atoms with Gasteiger partial charge in [-0.3, -0.25) is 0 Å². The zero-order valence-corrected chi connectivity index (χ0v) is 6.68. The number of halogens is 2. The molecule has 0 rings (SSSR count). The van der Waals surface area contributed by atoms with Crippen molar-refractivity contribution in [3.63, 3.8) is 0 Å². The third kappa shape index (κ3) is 7.81. The van der Waals surface area contributed by atoms with Crippen molar-refractivity contribution >= 4 is 28.3 Å². The highest BCUT2D eigenvalue weighted by molar-refractivity contribution is 7.83. The minimum Gasteiger partial charge on any atom is -0.400 e. The van der Waals surface area contributed by atoms with Gasteiger partial charge in [0.1, 0.15) is 0 Å². The summed E-state index contributed by atoms with van der Waals surface area (Å²) in [5, 5.41) is 8.04. The standard InChI is InChI=1S/BF2HO7S2/c2-11(5,6)9-1(4)10-12(3,7)8/h4H. The van der Waals surface area contributed by atoms with E-state index < -0.39 is 28.3 Å². The Balaban J connectivity index is 4.19. The van der Waals surface area contributed by atoms with E-state index in [2.05, 4.69) is 8.20 Å². The Morgan fingerprint density at radius 1 is 1.00 bits per heavy atom. The Kier molecular flexibility index (Phi) is 3.52. The average molecular weight is 226 g/mol. The molecule has 1 N–H and O–H groups in total. The fourth-order valence-corrected chi connectivity index (χ4v) is 0.734. The Morgan fingerprint density at radius 2 is 1.25 bits per heavy atom. The zero-order valence-electron chi connectivity index (χ0n) is 5.05. The van der Waals surface area contributed by atoms with E-state index in [4.69, 9.17) is 5.02 Å². The lowest BCUT2D eigenvalue weighted by atomic mass is 10.3. The van der Waals surface area contributed by atoms with Gasteiger partial charge in [0, 0.05) is 0 Å². The van der Waals surface area contributed by atoms with Crippen LogP contribution < -0.4 is 0 Å². The van der Waals surface area contributed by atoms with Gasteiger partial charge in [-0.2, -0.15) is 16.8 Å². The summed E-state index contributed by atoms with van der Waals surface area (Å²) in [6, 6.07) is 0. The second-order valence-corrected chi connectivity index (χ2v) is 3.24. The molecule has 0 radical (unpaired) electrons. The first-order chi connectivity index (χ1) is 5.10. The minimum atomic E-state index is -5.60. The maximum absolute atomic E-state index is 11.4. The highest BCUT2D eigenvalue weighted by Crippen LogP contribution is 2.01. The highest BCUT2D eigenvalue weighted by atomic mass is 32.3. The maximum Gasteiger partial charge on any atom is 0.670 e. The summed E-state index contributed by atoms with van der Waals surface area (Å²) in [6.45, 7) is 0. The molecular formula is HBF2O7S2. The first kappa shape index (κ1) is 11.7. The van der Waals surface area contributed by atoms with Crippen molar-refractivity contribution in [1.82, 2.24) is 0 Å². The molecule has 0 aromatic heterocycles. The van der Waals surface area contributed by atoms with Gasteiger partial charge in [0.15, 0.2) is 0 Å². The number of rotatable bonds is 4. The van der Waals surface area contributed by atoms with Gasteiger partial charge in [-0.1, -0.05) is 7.77 Å². The topological polar surface area (TPSA) is 107 Å². The summed E-state index contributed by atoms with van der Waals surface area (Å²) < 4.78 is 66.4. The van der Waals surface area contributed by atoms with Gasteiger partial charge in [-0.15, -0.1) is 0 Å². The van der Waals surface area contributed by atoms with E-state index in [0.717, 1.165) is 0 Å². The monoisotopic (exact) mass is 226 g/mol. The van der Waals surface area contributed by atoms with Crippen LogP contribution in [0, 0.1) is 0 Å². The predicted octanol–water partition coefficient (Wildman–Crippen LogP) is -1.57. The van der Waals surface area contributed by atoms with Crippen molar-refractivity contribution in [1.29, 1.82) is 0 Å². The molecule has 0 aliphatic carbocycles. The highest BCUT2D eigenvalue weighted by Gasteiger charge is 2.31. The normalized spacial score (nSPS) is 12.9. The molecule has 0 amide bonds. The molecular weight excluding hydrogens is 225 g/mol. The van der Waals surface area contributed by atoms with Gasteiger partial charge in [0.25, 0.3) is 0 Å². The molecule has 0 heterocycles. The van der Waals surface area contributed by atoms with Crippen LogP contribution in [0.15, 0.2) is 0 Å². The lowest BCUT2D eigenvalue weighted by molar-refractivity contribution is 0.282. The van der Waals surface area contributed by atoms with Gasteiger partial charge in [-0.05, 0) is 0 Å². The van der Waals surface area contributed by atoms with Crippen LogP contribution in [0.2, 0.25) is 0 Å². The van der Waals surface area contributed by atoms with Crippen molar-refractivity contribution in [3.8, 4) is 0 Å². The predicted molar refractivity (Wildman–Crippen MR) is 30.2 cm³/mol.